The van der Waals surface area contributed by atoms with Gasteiger partial charge >= 0.3 is 0 Å². The van der Waals surface area contributed by atoms with Crippen LogP contribution in [0.4, 0.5) is 4.39 Å². The molecule has 0 atom stereocenters. The lowest BCUT2D eigenvalue weighted by molar-refractivity contribution is 0.629. The van der Waals surface area contributed by atoms with Crippen molar-refractivity contribution < 1.29 is 4.39 Å². The zero-order valence-corrected chi connectivity index (χ0v) is 12.7. The second-order valence-corrected chi connectivity index (χ2v) is 5.96. The van der Waals surface area contributed by atoms with Crippen molar-refractivity contribution >= 4 is 16.5 Å². The molecule has 0 radical (unpaired) electrons. The summed E-state index contributed by atoms with van der Waals surface area (Å²) in [5.41, 5.74) is 8.26. The molecule has 1 aromatic heterocycles. The lowest BCUT2D eigenvalue weighted by Gasteiger charge is -2.10. The summed E-state index contributed by atoms with van der Waals surface area (Å²) in [6, 6.07) is 13.1. The molecule has 0 amide bonds. The van der Waals surface area contributed by atoms with Gasteiger partial charge in [-0.25, -0.2) is 9.37 Å². The summed E-state index contributed by atoms with van der Waals surface area (Å²) in [6.45, 7) is 4.29. The molecule has 0 aliphatic heterocycles. The minimum absolute atomic E-state index is 0.223. The van der Waals surface area contributed by atoms with Crippen molar-refractivity contribution in [2.75, 3.05) is 0 Å². The maximum atomic E-state index is 13.3. The van der Waals surface area contributed by atoms with E-state index in [9.17, 15) is 4.39 Å². The van der Waals surface area contributed by atoms with Crippen molar-refractivity contribution in [3.05, 3.63) is 82.3 Å². The van der Waals surface area contributed by atoms with E-state index < -0.39 is 0 Å². The summed E-state index contributed by atoms with van der Waals surface area (Å²) < 4.78 is 13.3. The number of hydrogen-bond donors (Lipinski definition) is 0. The monoisotopic (exact) mass is 289 g/mol. The van der Waals surface area contributed by atoms with Crippen molar-refractivity contribution in [3.8, 4) is 0 Å². The molecule has 1 heterocycles. The largest absolute Gasteiger partial charge is 0.248 e. The Kier molecular flexibility index (Phi) is 2.86. The molecule has 0 saturated carbocycles. The van der Waals surface area contributed by atoms with Crippen molar-refractivity contribution in [3.63, 3.8) is 0 Å². The third kappa shape index (κ3) is 2.03. The van der Waals surface area contributed by atoms with Gasteiger partial charge in [-0.05, 0) is 61.2 Å². The number of hydrogen-bond acceptors (Lipinski definition) is 1. The number of halogens is 1. The van der Waals surface area contributed by atoms with Gasteiger partial charge in [0, 0.05) is 11.0 Å². The molecule has 2 aromatic carbocycles. The molecule has 1 nitrogen and oxygen atoms in total. The Bertz CT molecular complexity index is 938. The molecule has 0 spiro atoms. The van der Waals surface area contributed by atoms with Crippen LogP contribution >= 0.6 is 0 Å². The number of fused-ring (bicyclic) bond motifs is 2. The van der Waals surface area contributed by atoms with E-state index in [-0.39, 0.29) is 5.82 Å². The molecule has 22 heavy (non-hydrogen) atoms. The fraction of sp³-hybridized carbons (Fsp3) is 0.150. The van der Waals surface area contributed by atoms with Gasteiger partial charge in [0.05, 0.1) is 11.2 Å². The summed E-state index contributed by atoms with van der Waals surface area (Å²) >= 11 is 0. The fourth-order valence-electron chi connectivity index (χ4n) is 3.31. The molecule has 0 bridgehead atoms. The molecular formula is C20H16FN. The highest BCUT2D eigenvalue weighted by atomic mass is 19.1. The Morgan fingerprint density at radius 1 is 1.00 bits per heavy atom. The van der Waals surface area contributed by atoms with Gasteiger partial charge in [-0.1, -0.05) is 29.8 Å². The van der Waals surface area contributed by atoms with Crippen LogP contribution in [0.15, 0.2) is 48.5 Å². The first-order valence-electron chi connectivity index (χ1n) is 7.49. The van der Waals surface area contributed by atoms with Gasteiger partial charge in [-0.3, -0.25) is 0 Å². The van der Waals surface area contributed by atoms with Crippen molar-refractivity contribution in [1.82, 2.24) is 4.98 Å². The van der Waals surface area contributed by atoms with Crippen LogP contribution in [0.1, 0.15) is 27.9 Å². The molecule has 0 unspecified atom stereocenters. The fourth-order valence-corrected chi connectivity index (χ4v) is 3.31. The molecule has 4 rings (SSSR count). The summed E-state index contributed by atoms with van der Waals surface area (Å²) in [4.78, 5) is 4.72. The number of benzene rings is 2. The van der Waals surface area contributed by atoms with Gasteiger partial charge in [0.25, 0.3) is 0 Å². The number of allylic oxidation sites excluding steroid dienone is 1. The van der Waals surface area contributed by atoms with Crippen molar-refractivity contribution in [1.29, 1.82) is 0 Å². The lowest BCUT2D eigenvalue weighted by atomic mass is 9.96. The van der Waals surface area contributed by atoms with E-state index >= 15 is 0 Å². The molecular weight excluding hydrogens is 273 g/mol. The van der Waals surface area contributed by atoms with Crippen LogP contribution in [0.25, 0.3) is 16.5 Å². The molecule has 2 heteroatoms. The van der Waals surface area contributed by atoms with Gasteiger partial charge in [0.2, 0.25) is 0 Å². The minimum Gasteiger partial charge on any atom is -0.248 e. The van der Waals surface area contributed by atoms with Crippen LogP contribution in [0.5, 0.6) is 0 Å². The highest BCUT2D eigenvalue weighted by Crippen LogP contribution is 2.35. The maximum Gasteiger partial charge on any atom is 0.123 e. The summed E-state index contributed by atoms with van der Waals surface area (Å²) in [5, 5.41) is 0.836. The predicted octanol–water partition coefficient (Wildman–Crippen LogP) is 4.98. The summed E-state index contributed by atoms with van der Waals surface area (Å²) in [6.07, 6.45) is 3.20. The van der Waals surface area contributed by atoms with E-state index in [4.69, 9.17) is 4.98 Å². The number of aromatic nitrogens is 1. The normalized spacial score (nSPS) is 13.3. The first-order chi connectivity index (χ1) is 10.6. The van der Waals surface area contributed by atoms with Gasteiger partial charge in [0.1, 0.15) is 5.82 Å². The maximum absolute atomic E-state index is 13.3. The number of aryl methyl sites for hydroxylation is 2. The second kappa shape index (κ2) is 4.77. The molecule has 108 valence electrons. The quantitative estimate of drug-likeness (QED) is 0.615. The Morgan fingerprint density at radius 3 is 2.73 bits per heavy atom. The van der Waals surface area contributed by atoms with Crippen LogP contribution in [0, 0.1) is 19.7 Å². The number of rotatable bonds is 1. The van der Waals surface area contributed by atoms with Crippen molar-refractivity contribution in [2.24, 2.45) is 0 Å². The summed E-state index contributed by atoms with van der Waals surface area (Å²) in [7, 11) is 0. The van der Waals surface area contributed by atoms with Crippen molar-refractivity contribution in [2.45, 2.75) is 20.3 Å². The third-order valence-corrected chi connectivity index (χ3v) is 4.34. The highest BCUT2D eigenvalue weighted by molar-refractivity contribution is 5.87. The van der Waals surface area contributed by atoms with Gasteiger partial charge in [-0.15, -0.1) is 0 Å². The average Bonchev–Trinajstić information content (AvgIpc) is 2.90. The molecule has 1 aliphatic carbocycles. The minimum atomic E-state index is -0.223. The van der Waals surface area contributed by atoms with E-state index in [1.165, 1.54) is 40.0 Å². The standard InChI is InChI=1S/C20H16FN/c1-12-9-13(2)16-5-6-17(18(16)10-12)20-7-3-14-11-15(21)4-8-19(14)22-20/h3-4,6-11H,5H2,1-2H3. The second-order valence-electron chi connectivity index (χ2n) is 5.96. The molecule has 0 saturated heterocycles. The smallest absolute Gasteiger partial charge is 0.123 e. The average molecular weight is 289 g/mol. The zero-order chi connectivity index (χ0) is 15.3. The van der Waals surface area contributed by atoms with E-state index in [0.717, 1.165) is 23.0 Å². The summed E-state index contributed by atoms with van der Waals surface area (Å²) in [5.74, 6) is -0.223. The first kappa shape index (κ1) is 13.2. The van der Waals surface area contributed by atoms with Gasteiger partial charge in [-0.2, -0.15) is 0 Å². The van der Waals surface area contributed by atoms with E-state index in [1.807, 2.05) is 12.1 Å². The van der Waals surface area contributed by atoms with E-state index in [0.29, 0.717) is 0 Å². The van der Waals surface area contributed by atoms with Gasteiger partial charge < -0.3 is 0 Å². The SMILES string of the molecule is Cc1cc(C)c2c(c1)C(c1ccc3cc(F)ccc3n1)=CC2. The van der Waals surface area contributed by atoms with E-state index in [1.54, 1.807) is 6.07 Å². The lowest BCUT2D eigenvalue weighted by Crippen LogP contribution is -1.94. The van der Waals surface area contributed by atoms with E-state index in [2.05, 4.69) is 32.1 Å². The Balaban J connectivity index is 1.87. The highest BCUT2D eigenvalue weighted by Gasteiger charge is 2.18. The number of pyridine rings is 1. The van der Waals surface area contributed by atoms with Crippen LogP contribution in [0.2, 0.25) is 0 Å². The first-order valence-corrected chi connectivity index (χ1v) is 7.49. The van der Waals surface area contributed by atoms with Gasteiger partial charge in [0.15, 0.2) is 0 Å². The predicted molar refractivity (Wildman–Crippen MR) is 88.4 cm³/mol. The molecule has 0 N–H and O–H groups in total. The van der Waals surface area contributed by atoms with Crippen LogP contribution < -0.4 is 0 Å². The Hall–Kier alpha value is -2.48. The molecule has 1 aliphatic rings. The zero-order valence-electron chi connectivity index (χ0n) is 12.7. The van der Waals surface area contributed by atoms with Crippen LogP contribution in [-0.4, -0.2) is 4.98 Å². The topological polar surface area (TPSA) is 12.9 Å². The molecule has 0 fully saturated rings. The Morgan fingerprint density at radius 2 is 1.86 bits per heavy atom. The van der Waals surface area contributed by atoms with Crippen LogP contribution in [-0.2, 0) is 6.42 Å². The molecule has 3 aromatic rings. The number of nitrogens with zero attached hydrogens (tertiary/aromatic N) is 1. The third-order valence-electron chi connectivity index (χ3n) is 4.34. The van der Waals surface area contributed by atoms with Crippen LogP contribution in [0.3, 0.4) is 0 Å². The Labute approximate surface area is 129 Å².